The van der Waals surface area contributed by atoms with Gasteiger partial charge in [0.25, 0.3) is 0 Å². The lowest BCUT2D eigenvalue weighted by Crippen LogP contribution is -2.33. The molecule has 2 aliphatic rings. The molecule has 1 fully saturated rings. The average molecular weight is 441 g/mol. The van der Waals surface area contributed by atoms with Crippen molar-refractivity contribution < 1.29 is 23.7 Å². The highest BCUT2D eigenvalue weighted by atomic mass is 16.5. The lowest BCUT2D eigenvalue weighted by molar-refractivity contribution is -0.117. The van der Waals surface area contributed by atoms with Gasteiger partial charge in [0.2, 0.25) is 5.91 Å². The van der Waals surface area contributed by atoms with E-state index < -0.39 is 0 Å². The standard InChI is InChI=1S/C25H32N2O5/c1-27-9-8-16-11-21(29-2)23(31-4)13-18(16)20(27)10-17-12-22(30-3)24(32-5)14-19(17)26-25(28)15-6-7-15/h11-15,20H,6-10H2,1-5H3,(H,26,28)/t20-/m1/s1. The van der Waals surface area contributed by atoms with Gasteiger partial charge in [-0.3, -0.25) is 9.69 Å². The molecule has 1 amide bonds. The summed E-state index contributed by atoms with van der Waals surface area (Å²) < 4.78 is 22.1. The first-order chi connectivity index (χ1) is 15.5. The summed E-state index contributed by atoms with van der Waals surface area (Å²) >= 11 is 0. The number of amides is 1. The minimum Gasteiger partial charge on any atom is -0.493 e. The zero-order valence-corrected chi connectivity index (χ0v) is 19.5. The van der Waals surface area contributed by atoms with Gasteiger partial charge in [-0.2, -0.15) is 0 Å². The summed E-state index contributed by atoms with van der Waals surface area (Å²) in [4.78, 5) is 14.9. The number of hydrogen-bond donors (Lipinski definition) is 1. The van der Waals surface area contributed by atoms with Gasteiger partial charge in [0.1, 0.15) is 0 Å². The highest BCUT2D eigenvalue weighted by molar-refractivity contribution is 5.95. The first-order valence-corrected chi connectivity index (χ1v) is 11.0. The van der Waals surface area contributed by atoms with Gasteiger partial charge in [-0.05, 0) is 67.6 Å². The van der Waals surface area contributed by atoms with E-state index in [0.29, 0.717) is 17.9 Å². The second-order valence-electron chi connectivity index (χ2n) is 8.48. The van der Waals surface area contributed by atoms with Crippen LogP contribution in [0.4, 0.5) is 5.69 Å². The van der Waals surface area contributed by atoms with Crippen molar-refractivity contribution in [3.05, 3.63) is 41.0 Å². The number of nitrogens with zero attached hydrogens (tertiary/aromatic N) is 1. The molecule has 7 nitrogen and oxygen atoms in total. The molecular formula is C25H32N2O5. The SMILES string of the molecule is COc1cc(C[C@@H]2c3cc(OC)c(OC)cc3CCN2C)c(NC(=O)C2CC2)cc1OC. The molecule has 1 atom stereocenters. The minimum absolute atomic E-state index is 0.0716. The van der Waals surface area contributed by atoms with Crippen LogP contribution in [0.5, 0.6) is 23.0 Å². The third-order valence-electron chi connectivity index (χ3n) is 6.50. The van der Waals surface area contributed by atoms with Gasteiger partial charge in [-0.15, -0.1) is 0 Å². The molecule has 1 saturated carbocycles. The van der Waals surface area contributed by atoms with Crippen molar-refractivity contribution in [2.45, 2.75) is 31.7 Å². The Bertz CT molecular complexity index is 1000. The van der Waals surface area contributed by atoms with Gasteiger partial charge in [0, 0.05) is 30.3 Å². The fraction of sp³-hybridized carbons (Fsp3) is 0.480. The second kappa shape index (κ2) is 9.28. The van der Waals surface area contributed by atoms with Crippen LogP contribution in [0.3, 0.4) is 0 Å². The predicted molar refractivity (Wildman–Crippen MR) is 123 cm³/mol. The Balaban J connectivity index is 1.73. The zero-order chi connectivity index (χ0) is 22.8. The highest BCUT2D eigenvalue weighted by Gasteiger charge is 2.32. The Labute approximate surface area is 189 Å². The van der Waals surface area contributed by atoms with Crippen LogP contribution < -0.4 is 24.3 Å². The monoisotopic (exact) mass is 440 g/mol. The lowest BCUT2D eigenvalue weighted by Gasteiger charge is -2.35. The fourth-order valence-corrected chi connectivity index (χ4v) is 4.41. The van der Waals surface area contributed by atoms with E-state index in [1.54, 1.807) is 28.4 Å². The summed E-state index contributed by atoms with van der Waals surface area (Å²) in [5.41, 5.74) is 4.26. The third kappa shape index (κ3) is 4.35. The zero-order valence-electron chi connectivity index (χ0n) is 19.5. The van der Waals surface area contributed by atoms with Crippen LogP contribution in [0.25, 0.3) is 0 Å². The van der Waals surface area contributed by atoms with Crippen LogP contribution in [0.1, 0.15) is 35.6 Å². The van der Waals surface area contributed by atoms with E-state index >= 15 is 0 Å². The summed E-state index contributed by atoms with van der Waals surface area (Å²) in [6, 6.07) is 8.13. The molecule has 0 unspecified atom stereocenters. The predicted octanol–water partition coefficient (Wildman–Crippen LogP) is 3.84. The van der Waals surface area contributed by atoms with Gasteiger partial charge in [0.15, 0.2) is 23.0 Å². The molecule has 4 rings (SSSR count). The fourth-order valence-electron chi connectivity index (χ4n) is 4.41. The molecule has 1 heterocycles. The topological polar surface area (TPSA) is 69.3 Å². The number of benzene rings is 2. The average Bonchev–Trinajstić information content (AvgIpc) is 3.66. The smallest absolute Gasteiger partial charge is 0.227 e. The number of likely N-dealkylation sites (N-methyl/N-ethyl adjacent to an activating group) is 1. The maximum atomic E-state index is 12.6. The van der Waals surface area contributed by atoms with E-state index in [1.165, 1.54) is 11.1 Å². The van der Waals surface area contributed by atoms with Crippen molar-refractivity contribution in [1.29, 1.82) is 0 Å². The van der Waals surface area contributed by atoms with Crippen LogP contribution in [-0.4, -0.2) is 52.8 Å². The van der Waals surface area contributed by atoms with Crippen molar-refractivity contribution in [2.24, 2.45) is 5.92 Å². The molecule has 1 aliphatic carbocycles. The quantitative estimate of drug-likeness (QED) is 0.673. The molecular weight excluding hydrogens is 408 g/mol. The van der Waals surface area contributed by atoms with E-state index in [4.69, 9.17) is 18.9 Å². The molecule has 172 valence electrons. The summed E-state index contributed by atoms with van der Waals surface area (Å²) in [5.74, 6) is 2.91. The molecule has 0 bridgehead atoms. The van der Waals surface area contributed by atoms with Crippen LogP contribution in [0.2, 0.25) is 0 Å². The third-order valence-corrected chi connectivity index (χ3v) is 6.50. The summed E-state index contributed by atoms with van der Waals surface area (Å²) in [7, 11) is 8.69. The van der Waals surface area contributed by atoms with E-state index in [1.807, 2.05) is 12.1 Å². The van der Waals surface area contributed by atoms with Crippen molar-refractivity contribution in [3.8, 4) is 23.0 Å². The van der Waals surface area contributed by atoms with Gasteiger partial charge < -0.3 is 24.3 Å². The number of carbonyl (C=O) groups excluding carboxylic acids is 1. The Morgan fingerprint density at radius 2 is 1.53 bits per heavy atom. The number of nitrogens with one attached hydrogen (secondary N) is 1. The molecule has 1 N–H and O–H groups in total. The molecule has 0 spiro atoms. The molecule has 0 saturated heterocycles. The highest BCUT2D eigenvalue weighted by Crippen LogP contribution is 2.42. The van der Waals surface area contributed by atoms with Crippen molar-refractivity contribution in [3.63, 3.8) is 0 Å². The Morgan fingerprint density at radius 1 is 0.938 bits per heavy atom. The van der Waals surface area contributed by atoms with E-state index in [2.05, 4.69) is 29.4 Å². The summed E-state index contributed by atoms with van der Waals surface area (Å²) in [6.07, 6.45) is 3.56. The first kappa shape index (κ1) is 22.3. The van der Waals surface area contributed by atoms with E-state index in [9.17, 15) is 4.79 Å². The van der Waals surface area contributed by atoms with E-state index in [-0.39, 0.29) is 17.9 Å². The molecule has 0 radical (unpaired) electrons. The van der Waals surface area contributed by atoms with Crippen LogP contribution in [0, 0.1) is 5.92 Å². The van der Waals surface area contributed by atoms with Crippen molar-refractivity contribution >= 4 is 11.6 Å². The van der Waals surface area contributed by atoms with Gasteiger partial charge in [-0.1, -0.05) is 0 Å². The Hall–Kier alpha value is -2.93. The lowest BCUT2D eigenvalue weighted by atomic mass is 9.88. The van der Waals surface area contributed by atoms with Crippen LogP contribution in [-0.2, 0) is 17.6 Å². The number of ether oxygens (including phenoxy) is 4. The number of carbonyl (C=O) groups is 1. The molecule has 7 heteroatoms. The number of fused-ring (bicyclic) bond motifs is 1. The van der Waals surface area contributed by atoms with Gasteiger partial charge in [-0.25, -0.2) is 0 Å². The number of rotatable bonds is 8. The summed E-state index contributed by atoms with van der Waals surface area (Å²) in [5, 5.41) is 3.13. The number of anilines is 1. The van der Waals surface area contributed by atoms with Crippen molar-refractivity contribution in [1.82, 2.24) is 4.90 Å². The molecule has 0 aromatic heterocycles. The largest absolute Gasteiger partial charge is 0.493 e. The number of hydrogen-bond acceptors (Lipinski definition) is 6. The second-order valence-corrected chi connectivity index (χ2v) is 8.48. The summed E-state index contributed by atoms with van der Waals surface area (Å²) in [6.45, 7) is 0.935. The first-order valence-electron chi connectivity index (χ1n) is 11.0. The maximum Gasteiger partial charge on any atom is 0.227 e. The normalized spacial score (nSPS) is 18.0. The van der Waals surface area contributed by atoms with Gasteiger partial charge in [0.05, 0.1) is 28.4 Å². The maximum absolute atomic E-state index is 12.6. The minimum atomic E-state index is 0.0716. The van der Waals surface area contributed by atoms with Crippen LogP contribution >= 0.6 is 0 Å². The Morgan fingerprint density at radius 3 is 2.16 bits per heavy atom. The molecule has 1 aliphatic heterocycles. The molecule has 32 heavy (non-hydrogen) atoms. The van der Waals surface area contributed by atoms with Crippen molar-refractivity contribution in [2.75, 3.05) is 47.3 Å². The van der Waals surface area contributed by atoms with E-state index in [0.717, 1.165) is 48.6 Å². The molecule has 2 aromatic rings. The molecule has 2 aromatic carbocycles. The number of methoxy groups -OCH3 is 4. The Kier molecular flexibility index (Phi) is 6.46. The van der Waals surface area contributed by atoms with Crippen LogP contribution in [0.15, 0.2) is 24.3 Å². The van der Waals surface area contributed by atoms with Gasteiger partial charge >= 0.3 is 0 Å².